The minimum absolute atomic E-state index is 0.0815. The first-order valence-electron chi connectivity index (χ1n) is 8.69. The Morgan fingerprint density at radius 3 is 2.20 bits per heavy atom. The van der Waals surface area contributed by atoms with Crippen LogP contribution in [-0.4, -0.2) is 73.6 Å². The molecule has 1 heterocycles. The summed E-state index contributed by atoms with van der Waals surface area (Å²) in [6.45, 7) is -0.526. The molecule has 5 N–H and O–H groups in total. The summed E-state index contributed by atoms with van der Waals surface area (Å²) in [7, 11) is 0. The maximum atomic E-state index is 12.1. The van der Waals surface area contributed by atoms with Crippen LogP contribution in [0.25, 0.3) is 0 Å². The Morgan fingerprint density at radius 1 is 1.03 bits per heavy atom. The number of hydrogen-bond acceptors (Lipinski definition) is 9. The Hall–Kier alpha value is -2.44. The largest absolute Gasteiger partial charge is 0.394 e. The van der Waals surface area contributed by atoms with Gasteiger partial charge in [0, 0.05) is 23.3 Å². The zero-order chi connectivity index (χ0) is 22.4. The van der Waals surface area contributed by atoms with Crippen molar-refractivity contribution in [3.8, 4) is 0 Å². The van der Waals surface area contributed by atoms with E-state index < -0.39 is 42.2 Å². The number of rotatable bonds is 4. The first-order chi connectivity index (χ1) is 14.2. The summed E-state index contributed by atoms with van der Waals surface area (Å²) in [5.41, 5.74) is 0.617. The third-order valence-corrected chi connectivity index (χ3v) is 4.62. The highest BCUT2D eigenvalue weighted by atomic mass is 35.5. The molecule has 0 aromatic heterocycles. The molecule has 0 aliphatic carbocycles. The molecule has 30 heavy (non-hydrogen) atoms. The lowest BCUT2D eigenvalue weighted by atomic mass is 10.00. The summed E-state index contributed by atoms with van der Waals surface area (Å²) in [4.78, 5) is 22.1. The summed E-state index contributed by atoms with van der Waals surface area (Å²) in [5, 5.41) is 55.3. The van der Waals surface area contributed by atoms with Crippen LogP contribution in [0.4, 0.5) is 5.69 Å². The molecule has 1 aliphatic heterocycles. The second kappa shape index (κ2) is 10.5. The SMILES string of the molecule is O=C(c1ccccc1)c1ccc([N+](=O)[O-])cc1Cl.OC[C@H]1O[C@@H](O)[C@H](O)[C@@H](O)[C@@H]1O. The van der Waals surface area contributed by atoms with E-state index in [9.17, 15) is 14.9 Å². The molecule has 162 valence electrons. The Morgan fingerprint density at radius 2 is 1.67 bits per heavy atom. The molecule has 3 rings (SSSR count). The highest BCUT2D eigenvalue weighted by Gasteiger charge is 2.42. The van der Waals surface area contributed by atoms with Gasteiger partial charge in [-0.3, -0.25) is 14.9 Å². The van der Waals surface area contributed by atoms with E-state index in [2.05, 4.69) is 4.74 Å². The molecule has 2 aromatic carbocycles. The summed E-state index contributed by atoms with van der Waals surface area (Å²) in [6, 6.07) is 12.4. The Bertz CT molecular complexity index is 875. The summed E-state index contributed by atoms with van der Waals surface area (Å²) < 4.78 is 4.58. The topological polar surface area (TPSA) is 171 Å². The second-order valence-corrected chi connectivity index (χ2v) is 6.74. The van der Waals surface area contributed by atoms with E-state index in [1.54, 1.807) is 30.3 Å². The number of benzene rings is 2. The first kappa shape index (κ1) is 23.8. The fourth-order valence-corrected chi connectivity index (χ4v) is 2.89. The summed E-state index contributed by atoms with van der Waals surface area (Å²) in [5.74, 6) is -0.254. The predicted octanol–water partition coefficient (Wildman–Crippen LogP) is 0.258. The minimum Gasteiger partial charge on any atom is -0.394 e. The number of nitro benzene ring substituents is 1. The monoisotopic (exact) mass is 441 g/mol. The fraction of sp³-hybridized carbons (Fsp3) is 0.316. The number of aliphatic hydroxyl groups excluding tert-OH is 5. The smallest absolute Gasteiger partial charge is 0.270 e. The molecule has 10 nitrogen and oxygen atoms in total. The number of nitro groups is 1. The van der Waals surface area contributed by atoms with Gasteiger partial charge in [0.05, 0.1) is 16.6 Å². The van der Waals surface area contributed by atoms with Crippen molar-refractivity contribution >= 4 is 23.1 Å². The Balaban J connectivity index is 0.000000232. The van der Waals surface area contributed by atoms with Crippen molar-refractivity contribution in [2.45, 2.75) is 30.7 Å². The average Bonchev–Trinajstić information content (AvgIpc) is 2.75. The number of ketones is 1. The van der Waals surface area contributed by atoms with Crippen LogP contribution in [-0.2, 0) is 4.74 Å². The summed E-state index contributed by atoms with van der Waals surface area (Å²) in [6.07, 6.45) is -7.04. The van der Waals surface area contributed by atoms with Crippen molar-refractivity contribution < 1.29 is 40.0 Å². The molecule has 5 atom stereocenters. The molecule has 2 aromatic rings. The first-order valence-corrected chi connectivity index (χ1v) is 9.07. The fourth-order valence-electron chi connectivity index (χ4n) is 2.63. The molecule has 0 saturated carbocycles. The number of nitrogens with zero attached hydrogens (tertiary/aromatic N) is 1. The molecular weight excluding hydrogens is 422 g/mol. The quantitative estimate of drug-likeness (QED) is 0.253. The molecule has 0 amide bonds. The standard InChI is InChI=1S/C13H8ClNO3.C6H12O6/c14-12-8-10(15(17)18)6-7-11(12)13(16)9-4-2-1-3-5-9;7-1-2-3(8)4(9)5(10)6(11)12-2/h1-8H;2-11H,1H2/t;2-,3-,4+,5-,6-/m.1/s1. The highest BCUT2D eigenvalue weighted by Crippen LogP contribution is 2.24. The van der Waals surface area contributed by atoms with Gasteiger partial charge in [0.1, 0.15) is 24.4 Å². The number of carbonyl (C=O) groups is 1. The molecule has 0 unspecified atom stereocenters. The van der Waals surface area contributed by atoms with Gasteiger partial charge in [-0.25, -0.2) is 0 Å². The zero-order valence-corrected chi connectivity index (χ0v) is 16.2. The number of hydrogen-bond donors (Lipinski definition) is 5. The molecule has 1 aliphatic rings. The molecule has 0 radical (unpaired) electrons. The molecule has 0 bridgehead atoms. The van der Waals surface area contributed by atoms with E-state index in [1.165, 1.54) is 18.2 Å². The van der Waals surface area contributed by atoms with Gasteiger partial charge in [-0.05, 0) is 6.07 Å². The second-order valence-electron chi connectivity index (χ2n) is 6.34. The van der Waals surface area contributed by atoms with Crippen LogP contribution >= 0.6 is 11.6 Å². The van der Waals surface area contributed by atoms with Crippen LogP contribution in [0, 0.1) is 10.1 Å². The third-order valence-electron chi connectivity index (χ3n) is 4.31. The molecular formula is C19H20ClNO9. The normalized spacial score (nSPS) is 25.7. The Kier molecular flexibility index (Phi) is 8.38. The van der Waals surface area contributed by atoms with E-state index in [-0.39, 0.29) is 22.1 Å². The maximum absolute atomic E-state index is 12.1. The molecule has 11 heteroatoms. The predicted molar refractivity (Wildman–Crippen MR) is 104 cm³/mol. The number of carbonyl (C=O) groups excluding carboxylic acids is 1. The molecule has 1 saturated heterocycles. The zero-order valence-electron chi connectivity index (χ0n) is 15.4. The van der Waals surface area contributed by atoms with Crippen molar-refractivity contribution in [3.05, 3.63) is 74.8 Å². The van der Waals surface area contributed by atoms with Crippen molar-refractivity contribution in [1.29, 1.82) is 0 Å². The lowest BCUT2D eigenvalue weighted by Crippen LogP contribution is -2.58. The van der Waals surface area contributed by atoms with Gasteiger partial charge in [-0.15, -0.1) is 0 Å². The van der Waals surface area contributed by atoms with Crippen molar-refractivity contribution in [2.75, 3.05) is 6.61 Å². The van der Waals surface area contributed by atoms with Gasteiger partial charge in [-0.2, -0.15) is 0 Å². The third kappa shape index (κ3) is 5.58. The van der Waals surface area contributed by atoms with Crippen LogP contribution in [0.3, 0.4) is 0 Å². The van der Waals surface area contributed by atoms with E-state index in [0.717, 1.165) is 0 Å². The summed E-state index contributed by atoms with van der Waals surface area (Å²) >= 11 is 5.89. The van der Waals surface area contributed by atoms with E-state index in [0.29, 0.717) is 5.56 Å². The molecule has 1 fully saturated rings. The molecule has 0 spiro atoms. The van der Waals surface area contributed by atoms with Crippen LogP contribution in [0.2, 0.25) is 5.02 Å². The van der Waals surface area contributed by atoms with Gasteiger partial charge in [0.15, 0.2) is 12.1 Å². The van der Waals surface area contributed by atoms with Gasteiger partial charge >= 0.3 is 0 Å². The Labute approximate surface area is 175 Å². The van der Waals surface area contributed by atoms with E-state index in [1.807, 2.05) is 0 Å². The van der Waals surface area contributed by atoms with E-state index in [4.69, 9.17) is 37.1 Å². The van der Waals surface area contributed by atoms with E-state index >= 15 is 0 Å². The van der Waals surface area contributed by atoms with Crippen molar-refractivity contribution in [3.63, 3.8) is 0 Å². The van der Waals surface area contributed by atoms with Crippen LogP contribution in [0.15, 0.2) is 48.5 Å². The number of non-ortho nitro benzene ring substituents is 1. The lowest BCUT2D eigenvalue weighted by Gasteiger charge is -2.37. The minimum atomic E-state index is -1.57. The highest BCUT2D eigenvalue weighted by molar-refractivity contribution is 6.35. The van der Waals surface area contributed by atoms with Gasteiger partial charge < -0.3 is 30.3 Å². The maximum Gasteiger partial charge on any atom is 0.270 e. The number of aliphatic hydroxyl groups is 5. The van der Waals surface area contributed by atoms with Crippen molar-refractivity contribution in [1.82, 2.24) is 0 Å². The van der Waals surface area contributed by atoms with Crippen LogP contribution < -0.4 is 0 Å². The van der Waals surface area contributed by atoms with Gasteiger partial charge in [0.2, 0.25) is 0 Å². The van der Waals surface area contributed by atoms with Gasteiger partial charge in [-0.1, -0.05) is 41.9 Å². The van der Waals surface area contributed by atoms with Crippen LogP contribution in [0.1, 0.15) is 15.9 Å². The number of ether oxygens (including phenoxy) is 1. The van der Waals surface area contributed by atoms with Crippen LogP contribution in [0.5, 0.6) is 0 Å². The average molecular weight is 442 g/mol. The van der Waals surface area contributed by atoms with Crippen molar-refractivity contribution in [2.24, 2.45) is 0 Å². The number of halogens is 1. The lowest BCUT2D eigenvalue weighted by molar-refractivity contribution is -0.384. The van der Waals surface area contributed by atoms with Gasteiger partial charge in [0.25, 0.3) is 5.69 Å².